The molecule has 1 aliphatic rings. The summed E-state index contributed by atoms with van der Waals surface area (Å²) < 4.78 is 0. The molecule has 1 radical (unpaired) electrons. The molecule has 2 heteroatoms. The second-order valence-corrected chi connectivity index (χ2v) is 3.71. The smallest absolute Gasteiger partial charge is 0.140 e. The average Bonchev–Trinajstić information content (AvgIpc) is 2.53. The predicted octanol–water partition coefficient (Wildman–Crippen LogP) is 2.99. The van der Waals surface area contributed by atoms with Gasteiger partial charge in [-0.1, -0.05) is 23.7 Å². The number of hydrogen-bond acceptors (Lipinski definition) is 1. The lowest BCUT2D eigenvalue weighted by Gasteiger charge is -2.06. The first kappa shape index (κ1) is 8.76. The van der Waals surface area contributed by atoms with Crippen molar-refractivity contribution in [2.24, 2.45) is 0 Å². The van der Waals surface area contributed by atoms with Crippen molar-refractivity contribution in [1.82, 2.24) is 0 Å². The summed E-state index contributed by atoms with van der Waals surface area (Å²) in [6.45, 7) is 0. The van der Waals surface area contributed by atoms with Crippen LogP contribution in [0.5, 0.6) is 0 Å². The highest BCUT2D eigenvalue weighted by Gasteiger charge is 2.25. The molecule has 1 aliphatic carbocycles. The zero-order valence-electron chi connectivity index (χ0n) is 7.16. The number of ketones is 1. The minimum absolute atomic E-state index is 0.0114. The maximum absolute atomic E-state index is 11.4. The molecule has 0 bridgehead atoms. The monoisotopic (exact) mass is 193 g/mol. The van der Waals surface area contributed by atoms with Gasteiger partial charge >= 0.3 is 0 Å². The number of benzene rings is 1. The van der Waals surface area contributed by atoms with Crippen molar-refractivity contribution in [3.8, 4) is 0 Å². The van der Waals surface area contributed by atoms with Crippen LogP contribution >= 0.6 is 11.6 Å². The third-order valence-electron chi connectivity index (χ3n) is 2.37. The molecular weight excluding hydrogens is 184 g/mol. The van der Waals surface area contributed by atoms with Crippen molar-refractivity contribution in [2.75, 3.05) is 0 Å². The number of carbonyl (C=O) groups is 1. The molecule has 0 amide bonds. The Kier molecular flexibility index (Phi) is 2.36. The van der Waals surface area contributed by atoms with Crippen LogP contribution in [0.1, 0.15) is 24.3 Å². The zero-order valence-corrected chi connectivity index (χ0v) is 7.92. The Balaban J connectivity index is 2.25. The van der Waals surface area contributed by atoms with Crippen LogP contribution < -0.4 is 0 Å². The van der Waals surface area contributed by atoms with E-state index in [-0.39, 0.29) is 5.92 Å². The fraction of sp³-hybridized carbons (Fsp3) is 0.273. The maximum Gasteiger partial charge on any atom is 0.140 e. The van der Waals surface area contributed by atoms with E-state index in [9.17, 15) is 4.79 Å². The first-order chi connectivity index (χ1) is 6.27. The number of carbonyl (C=O) groups excluding carboxylic acids is 1. The van der Waals surface area contributed by atoms with Crippen LogP contribution in [-0.4, -0.2) is 5.78 Å². The summed E-state index contributed by atoms with van der Waals surface area (Å²) >= 11 is 5.76. The van der Waals surface area contributed by atoms with Crippen LogP contribution in [0, 0.1) is 6.42 Å². The molecule has 0 heterocycles. The van der Waals surface area contributed by atoms with Crippen LogP contribution in [0.3, 0.4) is 0 Å². The first-order valence-electron chi connectivity index (χ1n) is 4.39. The van der Waals surface area contributed by atoms with Gasteiger partial charge in [-0.05, 0) is 30.5 Å². The minimum Gasteiger partial charge on any atom is -0.299 e. The Labute approximate surface area is 82.7 Å². The fourth-order valence-electron chi connectivity index (χ4n) is 1.67. The number of Topliss-reactive ketones (excluding diaryl/α,β-unsaturated/α-hetero) is 1. The quantitative estimate of drug-likeness (QED) is 0.670. The van der Waals surface area contributed by atoms with Crippen molar-refractivity contribution >= 4 is 17.4 Å². The van der Waals surface area contributed by atoms with E-state index in [1.807, 2.05) is 24.3 Å². The third-order valence-corrected chi connectivity index (χ3v) is 2.62. The Bertz CT molecular complexity index is 315. The molecule has 1 saturated carbocycles. The first-order valence-corrected chi connectivity index (χ1v) is 4.76. The summed E-state index contributed by atoms with van der Waals surface area (Å²) in [4.78, 5) is 11.4. The van der Waals surface area contributed by atoms with Crippen molar-refractivity contribution in [2.45, 2.75) is 18.8 Å². The summed E-state index contributed by atoms with van der Waals surface area (Å²) in [5.74, 6) is 0.333. The Morgan fingerprint density at radius 3 is 2.46 bits per heavy atom. The Morgan fingerprint density at radius 2 is 1.92 bits per heavy atom. The summed E-state index contributed by atoms with van der Waals surface area (Å²) in [5, 5.41) is 0.717. The van der Waals surface area contributed by atoms with E-state index >= 15 is 0 Å². The minimum atomic E-state index is 0.0114. The maximum atomic E-state index is 11.4. The molecule has 0 aliphatic heterocycles. The summed E-state index contributed by atoms with van der Waals surface area (Å²) in [6, 6.07) is 7.51. The van der Waals surface area contributed by atoms with E-state index < -0.39 is 0 Å². The van der Waals surface area contributed by atoms with Crippen molar-refractivity contribution in [3.05, 3.63) is 41.3 Å². The van der Waals surface area contributed by atoms with E-state index in [0.29, 0.717) is 17.2 Å². The number of rotatable bonds is 1. The van der Waals surface area contributed by atoms with E-state index in [0.717, 1.165) is 12.0 Å². The number of halogens is 1. The summed E-state index contributed by atoms with van der Waals surface area (Å²) in [7, 11) is 0. The van der Waals surface area contributed by atoms with E-state index in [4.69, 9.17) is 11.6 Å². The van der Waals surface area contributed by atoms with E-state index in [1.54, 1.807) is 0 Å². The zero-order chi connectivity index (χ0) is 9.26. The largest absolute Gasteiger partial charge is 0.299 e. The molecule has 1 fully saturated rings. The lowest BCUT2D eigenvalue weighted by atomic mass is 9.97. The molecule has 2 rings (SSSR count). The third kappa shape index (κ3) is 1.75. The SMILES string of the molecule is O=C1CC[CH]C1c1ccc(Cl)cc1. The van der Waals surface area contributed by atoms with Crippen LogP contribution in [0.25, 0.3) is 0 Å². The van der Waals surface area contributed by atoms with Crippen molar-refractivity contribution < 1.29 is 4.79 Å². The molecule has 1 aromatic rings. The lowest BCUT2D eigenvalue weighted by Crippen LogP contribution is -2.03. The van der Waals surface area contributed by atoms with Crippen molar-refractivity contribution in [1.29, 1.82) is 0 Å². The summed E-state index contributed by atoms with van der Waals surface area (Å²) in [6.07, 6.45) is 3.67. The topological polar surface area (TPSA) is 17.1 Å². The molecule has 67 valence electrons. The molecule has 1 unspecified atom stereocenters. The molecule has 13 heavy (non-hydrogen) atoms. The predicted molar refractivity (Wildman–Crippen MR) is 52.7 cm³/mol. The highest BCUT2D eigenvalue weighted by Crippen LogP contribution is 2.30. The van der Waals surface area contributed by atoms with Gasteiger partial charge < -0.3 is 0 Å². The molecular formula is C11H10ClO. The molecule has 0 N–H and O–H groups in total. The molecule has 0 spiro atoms. The van der Waals surface area contributed by atoms with Gasteiger partial charge in [0.1, 0.15) is 5.78 Å². The Hall–Kier alpha value is -0.820. The summed E-state index contributed by atoms with van der Waals surface area (Å²) in [5.41, 5.74) is 1.06. The average molecular weight is 194 g/mol. The normalized spacial score (nSPS) is 22.2. The van der Waals surface area contributed by atoms with Gasteiger partial charge in [0.15, 0.2) is 0 Å². The van der Waals surface area contributed by atoms with Crippen LogP contribution in [0.2, 0.25) is 5.02 Å². The van der Waals surface area contributed by atoms with Gasteiger partial charge in [0.05, 0.1) is 0 Å². The lowest BCUT2D eigenvalue weighted by molar-refractivity contribution is -0.118. The van der Waals surface area contributed by atoms with Gasteiger partial charge in [-0.3, -0.25) is 4.79 Å². The van der Waals surface area contributed by atoms with Gasteiger partial charge in [-0.15, -0.1) is 0 Å². The van der Waals surface area contributed by atoms with Gasteiger partial charge in [0.2, 0.25) is 0 Å². The van der Waals surface area contributed by atoms with Gasteiger partial charge in [-0.25, -0.2) is 0 Å². The van der Waals surface area contributed by atoms with E-state index in [2.05, 4.69) is 6.42 Å². The van der Waals surface area contributed by atoms with E-state index in [1.165, 1.54) is 0 Å². The molecule has 1 atom stereocenters. The highest BCUT2D eigenvalue weighted by molar-refractivity contribution is 6.30. The van der Waals surface area contributed by atoms with Crippen molar-refractivity contribution in [3.63, 3.8) is 0 Å². The van der Waals surface area contributed by atoms with Gasteiger partial charge in [-0.2, -0.15) is 0 Å². The number of hydrogen-bond donors (Lipinski definition) is 0. The van der Waals surface area contributed by atoms with Crippen LogP contribution in [0.15, 0.2) is 24.3 Å². The molecule has 1 nitrogen and oxygen atoms in total. The highest BCUT2D eigenvalue weighted by atomic mass is 35.5. The van der Waals surface area contributed by atoms with Crippen LogP contribution in [-0.2, 0) is 4.79 Å². The second kappa shape index (κ2) is 3.51. The second-order valence-electron chi connectivity index (χ2n) is 3.27. The van der Waals surface area contributed by atoms with Gasteiger partial charge in [0.25, 0.3) is 0 Å². The standard InChI is InChI=1S/C11H10ClO/c12-9-6-4-8(5-7-9)10-2-1-3-11(10)13/h2,4-7,10H,1,3H2. The van der Waals surface area contributed by atoms with Crippen LogP contribution in [0.4, 0.5) is 0 Å². The Morgan fingerprint density at radius 1 is 1.23 bits per heavy atom. The fourth-order valence-corrected chi connectivity index (χ4v) is 1.80. The molecule has 0 saturated heterocycles. The molecule has 1 aromatic carbocycles. The van der Waals surface area contributed by atoms with Gasteiger partial charge in [0, 0.05) is 17.4 Å². The molecule has 0 aromatic heterocycles.